The van der Waals surface area contributed by atoms with Gasteiger partial charge in [-0.1, -0.05) is 29.3 Å². The highest BCUT2D eigenvalue weighted by atomic mass is 35.5. The van der Waals surface area contributed by atoms with Crippen molar-refractivity contribution in [3.8, 4) is 0 Å². The van der Waals surface area contributed by atoms with Crippen LogP contribution in [0.3, 0.4) is 0 Å². The summed E-state index contributed by atoms with van der Waals surface area (Å²) in [6.07, 6.45) is 0. The Morgan fingerprint density at radius 3 is 2.38 bits per heavy atom. The van der Waals surface area contributed by atoms with Gasteiger partial charge in [-0.05, 0) is 50.2 Å². The van der Waals surface area contributed by atoms with E-state index in [2.05, 4.69) is 5.32 Å². The Labute approximate surface area is 150 Å². The van der Waals surface area contributed by atoms with Crippen LogP contribution in [0.5, 0.6) is 0 Å². The molecule has 4 nitrogen and oxygen atoms in total. The summed E-state index contributed by atoms with van der Waals surface area (Å²) in [6, 6.07) is 14.6. The van der Waals surface area contributed by atoms with Crippen LogP contribution in [-0.4, -0.2) is 23.7 Å². The molecule has 1 atom stereocenters. The van der Waals surface area contributed by atoms with Gasteiger partial charge in [0, 0.05) is 15.6 Å². The number of rotatable bonds is 6. The molecule has 0 aliphatic heterocycles. The number of hydrogen-bond acceptors (Lipinski definition) is 4. The maximum Gasteiger partial charge on any atom is 0.319 e. The van der Waals surface area contributed by atoms with Crippen LogP contribution in [-0.2, 0) is 14.3 Å². The number of carbonyl (C=O) groups excluding carboxylic acids is 2. The third-order valence-electron chi connectivity index (χ3n) is 3.14. The first kappa shape index (κ1) is 18.4. The first-order valence-electron chi connectivity index (χ1n) is 7.39. The van der Waals surface area contributed by atoms with Gasteiger partial charge in [-0.3, -0.25) is 9.59 Å². The molecule has 0 unspecified atom stereocenters. The number of hydrogen-bond donors (Lipinski definition) is 1. The Morgan fingerprint density at radius 1 is 1.12 bits per heavy atom. The molecule has 0 saturated heterocycles. The zero-order valence-electron chi connectivity index (χ0n) is 13.4. The molecule has 0 fully saturated rings. The lowest BCUT2D eigenvalue weighted by Crippen LogP contribution is -2.24. The molecule has 2 aromatic rings. The van der Waals surface area contributed by atoms with Gasteiger partial charge in [-0.15, -0.1) is 11.8 Å². The largest absolute Gasteiger partial charge is 0.455 e. The average molecular weight is 364 g/mol. The van der Waals surface area contributed by atoms with Crippen molar-refractivity contribution in [2.24, 2.45) is 0 Å². The number of benzene rings is 2. The lowest BCUT2D eigenvalue weighted by molar-refractivity contribution is -0.146. The summed E-state index contributed by atoms with van der Waals surface area (Å²) >= 11 is 7.18. The Hall–Kier alpha value is -1.98. The van der Waals surface area contributed by atoms with Gasteiger partial charge >= 0.3 is 5.97 Å². The number of aryl methyl sites for hydroxylation is 1. The Kier molecular flexibility index (Phi) is 6.70. The fourth-order valence-corrected chi connectivity index (χ4v) is 2.85. The minimum absolute atomic E-state index is 0.307. The summed E-state index contributed by atoms with van der Waals surface area (Å²) in [4.78, 5) is 24.7. The van der Waals surface area contributed by atoms with Crippen LogP contribution in [0.25, 0.3) is 0 Å². The first-order chi connectivity index (χ1) is 11.4. The number of amides is 1. The monoisotopic (exact) mass is 363 g/mol. The third kappa shape index (κ3) is 5.91. The summed E-state index contributed by atoms with van der Waals surface area (Å²) in [5.41, 5.74) is 1.78. The molecule has 24 heavy (non-hydrogen) atoms. The number of nitrogens with one attached hydrogen (secondary N) is 1. The summed E-state index contributed by atoms with van der Waals surface area (Å²) in [5.74, 6) is -0.801. The summed E-state index contributed by atoms with van der Waals surface area (Å²) < 4.78 is 5.06. The van der Waals surface area contributed by atoms with E-state index < -0.39 is 11.2 Å². The number of ether oxygens (including phenoxy) is 1. The van der Waals surface area contributed by atoms with E-state index in [1.54, 1.807) is 31.2 Å². The van der Waals surface area contributed by atoms with Crippen LogP contribution >= 0.6 is 23.4 Å². The topological polar surface area (TPSA) is 55.4 Å². The van der Waals surface area contributed by atoms with E-state index in [4.69, 9.17) is 16.3 Å². The molecule has 0 radical (unpaired) electrons. The smallest absolute Gasteiger partial charge is 0.319 e. The van der Waals surface area contributed by atoms with Gasteiger partial charge in [0.1, 0.15) is 5.25 Å². The zero-order valence-corrected chi connectivity index (χ0v) is 15.0. The molecule has 0 saturated carbocycles. The highest BCUT2D eigenvalue weighted by Gasteiger charge is 2.17. The van der Waals surface area contributed by atoms with Crippen molar-refractivity contribution in [1.82, 2.24) is 0 Å². The molecule has 0 bridgehead atoms. The minimum Gasteiger partial charge on any atom is -0.455 e. The lowest BCUT2D eigenvalue weighted by atomic mass is 10.2. The van der Waals surface area contributed by atoms with E-state index in [9.17, 15) is 9.59 Å². The molecule has 6 heteroatoms. The van der Waals surface area contributed by atoms with Crippen molar-refractivity contribution < 1.29 is 14.3 Å². The molecular formula is C18H18ClNO3S. The standard InChI is InChI=1S/C18H18ClNO3S/c1-12-3-7-15(8-4-12)20-17(21)11-23-18(22)13(2)24-16-9-5-14(19)6-10-16/h3-10,13H,11H2,1-2H3,(H,20,21)/t13-/m1/s1. The first-order valence-corrected chi connectivity index (χ1v) is 8.65. The van der Waals surface area contributed by atoms with Crippen molar-refractivity contribution in [2.45, 2.75) is 24.0 Å². The maximum atomic E-state index is 12.0. The second-order valence-corrected chi connectivity index (χ2v) is 7.09. The molecule has 2 rings (SSSR count). The zero-order chi connectivity index (χ0) is 17.5. The molecule has 0 aliphatic rings. The average Bonchev–Trinajstić information content (AvgIpc) is 2.57. The van der Waals surface area contributed by atoms with E-state index in [-0.39, 0.29) is 12.5 Å². The molecule has 0 aliphatic carbocycles. The fraction of sp³-hybridized carbons (Fsp3) is 0.222. The van der Waals surface area contributed by atoms with Gasteiger partial charge in [-0.25, -0.2) is 0 Å². The van der Waals surface area contributed by atoms with Gasteiger partial charge < -0.3 is 10.1 Å². The SMILES string of the molecule is Cc1ccc(NC(=O)COC(=O)[C@@H](C)Sc2ccc(Cl)cc2)cc1. The highest BCUT2D eigenvalue weighted by Crippen LogP contribution is 2.25. The Bertz CT molecular complexity index is 701. The van der Waals surface area contributed by atoms with Gasteiger partial charge in [0.25, 0.3) is 5.91 Å². The van der Waals surface area contributed by atoms with Gasteiger partial charge in [0.05, 0.1) is 0 Å². The second kappa shape index (κ2) is 8.76. The number of carbonyl (C=O) groups is 2. The van der Waals surface area contributed by atoms with Crippen molar-refractivity contribution in [1.29, 1.82) is 0 Å². The minimum atomic E-state index is -0.436. The van der Waals surface area contributed by atoms with Crippen LogP contribution in [0, 0.1) is 6.92 Å². The Balaban J connectivity index is 1.77. The van der Waals surface area contributed by atoms with Crippen molar-refractivity contribution in [3.05, 3.63) is 59.1 Å². The molecule has 0 heterocycles. The van der Waals surface area contributed by atoms with Crippen molar-refractivity contribution in [2.75, 3.05) is 11.9 Å². The van der Waals surface area contributed by atoms with Crippen LogP contribution in [0.4, 0.5) is 5.69 Å². The predicted octanol–water partition coefficient (Wildman–Crippen LogP) is 4.31. The van der Waals surface area contributed by atoms with Gasteiger partial charge in [0.15, 0.2) is 6.61 Å². The second-order valence-electron chi connectivity index (χ2n) is 5.24. The molecule has 2 aromatic carbocycles. The lowest BCUT2D eigenvalue weighted by Gasteiger charge is -2.11. The summed E-state index contributed by atoms with van der Waals surface area (Å²) in [7, 11) is 0. The van der Waals surface area contributed by atoms with Crippen molar-refractivity contribution >= 4 is 40.9 Å². The maximum absolute atomic E-state index is 12.0. The van der Waals surface area contributed by atoms with E-state index in [0.717, 1.165) is 10.5 Å². The fourth-order valence-electron chi connectivity index (χ4n) is 1.85. The van der Waals surface area contributed by atoms with Crippen LogP contribution in [0.15, 0.2) is 53.4 Å². The van der Waals surface area contributed by atoms with Crippen LogP contribution in [0.1, 0.15) is 12.5 Å². The quantitative estimate of drug-likeness (QED) is 0.613. The molecule has 0 spiro atoms. The van der Waals surface area contributed by atoms with Gasteiger partial charge in [0.2, 0.25) is 0 Å². The van der Waals surface area contributed by atoms with E-state index in [0.29, 0.717) is 10.7 Å². The Morgan fingerprint density at radius 2 is 1.75 bits per heavy atom. The summed E-state index contributed by atoms with van der Waals surface area (Å²) in [5, 5.41) is 2.90. The van der Waals surface area contributed by atoms with Crippen LogP contribution in [0.2, 0.25) is 5.02 Å². The molecule has 1 amide bonds. The number of thioether (sulfide) groups is 1. The van der Waals surface area contributed by atoms with Gasteiger partial charge in [-0.2, -0.15) is 0 Å². The number of esters is 1. The number of halogens is 1. The van der Waals surface area contributed by atoms with E-state index >= 15 is 0 Å². The van der Waals surface area contributed by atoms with Crippen molar-refractivity contribution in [3.63, 3.8) is 0 Å². The highest BCUT2D eigenvalue weighted by molar-refractivity contribution is 8.00. The number of anilines is 1. The molecule has 126 valence electrons. The summed E-state index contributed by atoms with van der Waals surface area (Å²) in [6.45, 7) is 3.39. The van der Waals surface area contributed by atoms with E-state index in [1.165, 1.54) is 11.8 Å². The molecule has 1 N–H and O–H groups in total. The predicted molar refractivity (Wildman–Crippen MR) is 97.5 cm³/mol. The molecule has 0 aromatic heterocycles. The normalized spacial score (nSPS) is 11.6. The third-order valence-corrected chi connectivity index (χ3v) is 4.48. The van der Waals surface area contributed by atoms with E-state index in [1.807, 2.05) is 31.2 Å². The van der Waals surface area contributed by atoms with Crippen LogP contribution < -0.4 is 5.32 Å². The molecular weight excluding hydrogens is 346 g/mol.